The average molecular weight is 288 g/mol. The van der Waals surface area contributed by atoms with Crippen LogP contribution >= 0.6 is 0 Å². The van der Waals surface area contributed by atoms with E-state index in [4.69, 9.17) is 0 Å². The van der Waals surface area contributed by atoms with E-state index >= 15 is 0 Å². The molecular weight excluding hydrogens is 264 g/mol. The third kappa shape index (κ3) is 4.77. The molecule has 5 heteroatoms. The quantitative estimate of drug-likeness (QED) is 0.772. The lowest BCUT2D eigenvalue weighted by molar-refractivity contribution is 0.0939. The summed E-state index contributed by atoms with van der Waals surface area (Å²) in [4.78, 5) is 16.5. The van der Waals surface area contributed by atoms with Gasteiger partial charge in [-0.2, -0.15) is 0 Å². The molecule has 1 aromatic carbocycles. The number of carbonyl (C=O) groups excluding carboxylic acids is 1. The van der Waals surface area contributed by atoms with Crippen LogP contribution in [0.5, 0.6) is 0 Å². The third-order valence-electron chi connectivity index (χ3n) is 3.54. The van der Waals surface area contributed by atoms with Crippen molar-refractivity contribution in [3.05, 3.63) is 35.4 Å². The van der Waals surface area contributed by atoms with Crippen LogP contribution < -0.4 is 16.0 Å². The molecule has 0 bridgehead atoms. The molecule has 21 heavy (non-hydrogen) atoms. The van der Waals surface area contributed by atoms with Gasteiger partial charge in [-0.05, 0) is 37.5 Å². The summed E-state index contributed by atoms with van der Waals surface area (Å²) in [6.07, 6.45) is 2.01. The maximum absolute atomic E-state index is 12.1. The molecule has 1 heterocycles. The highest BCUT2D eigenvalue weighted by Crippen LogP contribution is 2.06. The molecule has 0 fully saturated rings. The Bertz CT molecular complexity index is 513. The molecule has 0 aromatic heterocycles. The Morgan fingerprint density at radius 3 is 3.05 bits per heavy atom. The predicted octanol–water partition coefficient (Wildman–Crippen LogP) is 1.65. The summed E-state index contributed by atoms with van der Waals surface area (Å²) in [5.41, 5.74) is 1.77. The molecule has 3 N–H and O–H groups in total. The van der Waals surface area contributed by atoms with E-state index < -0.39 is 0 Å². The van der Waals surface area contributed by atoms with Gasteiger partial charge in [0.1, 0.15) is 0 Å². The summed E-state index contributed by atoms with van der Waals surface area (Å²) < 4.78 is 0. The highest BCUT2D eigenvalue weighted by molar-refractivity contribution is 5.94. The smallest absolute Gasteiger partial charge is 0.251 e. The predicted molar refractivity (Wildman–Crippen MR) is 85.4 cm³/mol. The monoisotopic (exact) mass is 288 g/mol. The standard InChI is InChI=1S/C16H24N4O/c1-3-12(2)20-15(21)14-7-4-6-13(10-14)11-19-16-17-8-5-9-18-16/h4,6-7,10,12H,3,5,8-9,11H2,1-2H3,(H,20,21)(H2,17,18,19). The fourth-order valence-electron chi connectivity index (χ4n) is 2.07. The van der Waals surface area contributed by atoms with Crippen molar-refractivity contribution < 1.29 is 4.79 Å². The Labute approximate surface area is 126 Å². The van der Waals surface area contributed by atoms with E-state index in [-0.39, 0.29) is 11.9 Å². The van der Waals surface area contributed by atoms with E-state index in [0.29, 0.717) is 12.1 Å². The van der Waals surface area contributed by atoms with Crippen LogP contribution in [0.25, 0.3) is 0 Å². The molecule has 0 saturated carbocycles. The van der Waals surface area contributed by atoms with Gasteiger partial charge in [-0.15, -0.1) is 0 Å². The van der Waals surface area contributed by atoms with E-state index in [1.165, 1.54) is 0 Å². The summed E-state index contributed by atoms with van der Waals surface area (Å²) in [5.74, 6) is 0.829. The Morgan fingerprint density at radius 2 is 2.33 bits per heavy atom. The van der Waals surface area contributed by atoms with Crippen LogP contribution in [-0.2, 0) is 6.54 Å². The molecule has 1 unspecified atom stereocenters. The largest absolute Gasteiger partial charge is 0.356 e. The first-order valence-electron chi connectivity index (χ1n) is 7.61. The lowest BCUT2D eigenvalue weighted by Gasteiger charge is -2.16. The van der Waals surface area contributed by atoms with Gasteiger partial charge < -0.3 is 16.0 Å². The molecule has 1 aliphatic rings. The maximum Gasteiger partial charge on any atom is 0.251 e. The second-order valence-corrected chi connectivity index (χ2v) is 5.35. The van der Waals surface area contributed by atoms with Crippen molar-refractivity contribution in [3.8, 4) is 0 Å². The highest BCUT2D eigenvalue weighted by atomic mass is 16.1. The van der Waals surface area contributed by atoms with Crippen LogP contribution in [0.15, 0.2) is 29.3 Å². The topological polar surface area (TPSA) is 65.5 Å². The number of nitrogens with zero attached hydrogens (tertiary/aromatic N) is 1. The number of amides is 1. The zero-order valence-corrected chi connectivity index (χ0v) is 12.8. The van der Waals surface area contributed by atoms with Gasteiger partial charge in [-0.3, -0.25) is 9.79 Å². The second-order valence-electron chi connectivity index (χ2n) is 5.35. The Kier molecular flexibility index (Phi) is 5.60. The third-order valence-corrected chi connectivity index (χ3v) is 3.54. The normalized spacial score (nSPS) is 15.6. The average Bonchev–Trinajstić information content (AvgIpc) is 2.54. The van der Waals surface area contributed by atoms with Gasteiger partial charge in [0.2, 0.25) is 0 Å². The van der Waals surface area contributed by atoms with Crippen molar-refractivity contribution >= 4 is 11.9 Å². The first-order chi connectivity index (χ1) is 10.2. The van der Waals surface area contributed by atoms with E-state index in [2.05, 4.69) is 27.9 Å². The molecule has 5 nitrogen and oxygen atoms in total. The lowest BCUT2D eigenvalue weighted by Crippen LogP contribution is -2.40. The lowest BCUT2D eigenvalue weighted by atomic mass is 10.1. The van der Waals surface area contributed by atoms with Crippen molar-refractivity contribution in [2.75, 3.05) is 13.1 Å². The molecule has 0 radical (unpaired) electrons. The zero-order chi connectivity index (χ0) is 15.1. The number of carbonyl (C=O) groups is 1. The van der Waals surface area contributed by atoms with Crippen LogP contribution in [0.4, 0.5) is 0 Å². The van der Waals surface area contributed by atoms with Gasteiger partial charge in [0.15, 0.2) is 5.96 Å². The first-order valence-corrected chi connectivity index (χ1v) is 7.61. The van der Waals surface area contributed by atoms with Crippen LogP contribution in [-0.4, -0.2) is 31.0 Å². The Balaban J connectivity index is 1.94. The van der Waals surface area contributed by atoms with Crippen molar-refractivity contribution in [2.24, 2.45) is 4.99 Å². The summed E-state index contributed by atoms with van der Waals surface area (Å²) >= 11 is 0. The number of hydrogen-bond acceptors (Lipinski definition) is 4. The second kappa shape index (κ2) is 7.67. The van der Waals surface area contributed by atoms with Crippen molar-refractivity contribution in [3.63, 3.8) is 0 Å². The van der Waals surface area contributed by atoms with E-state index in [1.54, 1.807) is 0 Å². The SMILES string of the molecule is CCC(C)NC(=O)c1cccc(CNC2=NCCCN2)c1. The van der Waals surface area contributed by atoms with E-state index in [9.17, 15) is 4.79 Å². The summed E-state index contributed by atoms with van der Waals surface area (Å²) in [6.45, 7) is 6.56. The van der Waals surface area contributed by atoms with Gasteiger partial charge >= 0.3 is 0 Å². The van der Waals surface area contributed by atoms with Gasteiger partial charge in [0.05, 0.1) is 0 Å². The fraction of sp³-hybridized carbons (Fsp3) is 0.500. The molecule has 1 atom stereocenters. The number of hydrogen-bond donors (Lipinski definition) is 3. The van der Waals surface area contributed by atoms with Gasteiger partial charge in [-0.1, -0.05) is 19.1 Å². The molecule has 0 saturated heterocycles. The van der Waals surface area contributed by atoms with E-state index in [0.717, 1.165) is 37.5 Å². The Hall–Kier alpha value is -2.04. The van der Waals surface area contributed by atoms with Crippen LogP contribution in [0.1, 0.15) is 42.6 Å². The van der Waals surface area contributed by atoms with Gasteiger partial charge in [-0.25, -0.2) is 0 Å². The number of rotatable bonds is 5. The molecule has 0 spiro atoms. The number of nitrogens with one attached hydrogen (secondary N) is 3. The molecule has 1 amide bonds. The van der Waals surface area contributed by atoms with Gasteiger partial charge in [0, 0.05) is 31.2 Å². The minimum absolute atomic E-state index is 0.0145. The molecule has 1 aliphatic heterocycles. The number of benzene rings is 1. The fourth-order valence-corrected chi connectivity index (χ4v) is 2.07. The summed E-state index contributed by atoms with van der Waals surface area (Å²) in [7, 11) is 0. The minimum Gasteiger partial charge on any atom is -0.356 e. The first kappa shape index (κ1) is 15.4. The summed E-state index contributed by atoms with van der Waals surface area (Å²) in [6, 6.07) is 7.89. The van der Waals surface area contributed by atoms with Crippen molar-refractivity contribution in [1.29, 1.82) is 0 Å². The molecule has 0 aliphatic carbocycles. The maximum atomic E-state index is 12.1. The van der Waals surface area contributed by atoms with Crippen molar-refractivity contribution in [2.45, 2.75) is 39.3 Å². The summed E-state index contributed by atoms with van der Waals surface area (Å²) in [5, 5.41) is 9.47. The van der Waals surface area contributed by atoms with Crippen LogP contribution in [0.3, 0.4) is 0 Å². The number of guanidine groups is 1. The van der Waals surface area contributed by atoms with Crippen LogP contribution in [0.2, 0.25) is 0 Å². The number of aliphatic imine (C=N–C) groups is 1. The van der Waals surface area contributed by atoms with Gasteiger partial charge in [0.25, 0.3) is 5.91 Å². The zero-order valence-electron chi connectivity index (χ0n) is 12.8. The van der Waals surface area contributed by atoms with Crippen LogP contribution in [0, 0.1) is 0 Å². The Morgan fingerprint density at radius 1 is 1.48 bits per heavy atom. The minimum atomic E-state index is -0.0145. The molecule has 114 valence electrons. The molecular formula is C16H24N4O. The highest BCUT2D eigenvalue weighted by Gasteiger charge is 2.09. The molecule has 1 aromatic rings. The molecule has 2 rings (SSSR count). The van der Waals surface area contributed by atoms with Crippen molar-refractivity contribution in [1.82, 2.24) is 16.0 Å². The van der Waals surface area contributed by atoms with E-state index in [1.807, 2.05) is 31.2 Å².